The van der Waals surface area contributed by atoms with Gasteiger partial charge < -0.3 is 14.8 Å². The highest BCUT2D eigenvalue weighted by Gasteiger charge is 2.24. The molecule has 1 heterocycles. The summed E-state index contributed by atoms with van der Waals surface area (Å²) < 4.78 is 61.6. The zero-order valence-corrected chi connectivity index (χ0v) is 18.4. The van der Waals surface area contributed by atoms with Crippen molar-refractivity contribution < 1.29 is 31.5 Å². The lowest BCUT2D eigenvalue weighted by Crippen LogP contribution is -2.17. The lowest BCUT2D eigenvalue weighted by atomic mass is 10.1. The fourth-order valence-electron chi connectivity index (χ4n) is 2.81. The van der Waals surface area contributed by atoms with Gasteiger partial charge in [0.25, 0.3) is 11.8 Å². The Morgan fingerprint density at radius 2 is 1.81 bits per heavy atom. The van der Waals surface area contributed by atoms with Crippen molar-refractivity contribution in [3.63, 3.8) is 0 Å². The summed E-state index contributed by atoms with van der Waals surface area (Å²) in [7, 11) is -2.35. The molecule has 32 heavy (non-hydrogen) atoms. The van der Waals surface area contributed by atoms with E-state index in [1.54, 1.807) is 13.8 Å². The zero-order chi connectivity index (χ0) is 23.6. The molecule has 1 amide bonds. The van der Waals surface area contributed by atoms with Gasteiger partial charge in [-0.05, 0) is 49.7 Å². The van der Waals surface area contributed by atoms with Gasteiger partial charge >= 0.3 is 0 Å². The number of anilines is 1. The number of halogens is 2. The number of aryl methyl sites for hydroxylation is 1. The molecule has 0 atom stereocenters. The molecule has 8 nitrogen and oxygen atoms in total. The van der Waals surface area contributed by atoms with Crippen molar-refractivity contribution in [2.24, 2.45) is 0 Å². The van der Waals surface area contributed by atoms with Gasteiger partial charge in [-0.1, -0.05) is 6.07 Å². The van der Waals surface area contributed by atoms with E-state index in [0.717, 1.165) is 25.5 Å². The third-order valence-corrected chi connectivity index (χ3v) is 5.70. The number of rotatable bonds is 6. The predicted octanol–water partition coefficient (Wildman–Crippen LogP) is 3.83. The van der Waals surface area contributed by atoms with Crippen molar-refractivity contribution in [2.45, 2.75) is 18.7 Å². The molecular formula is C21H19F2N3O5S. The van der Waals surface area contributed by atoms with E-state index in [0.29, 0.717) is 11.3 Å². The number of nitrogens with zero attached hydrogens (tertiary/aromatic N) is 2. The number of hydrogen-bond donors (Lipinski definition) is 1. The fourth-order valence-corrected chi connectivity index (χ4v) is 3.48. The first-order valence-electron chi connectivity index (χ1n) is 9.18. The smallest absolute Gasteiger partial charge is 0.261 e. The monoisotopic (exact) mass is 463 g/mol. The zero-order valence-electron chi connectivity index (χ0n) is 17.6. The molecule has 3 aromatic rings. The van der Waals surface area contributed by atoms with Gasteiger partial charge in [0, 0.05) is 11.9 Å². The number of amides is 1. The predicted molar refractivity (Wildman–Crippen MR) is 112 cm³/mol. The van der Waals surface area contributed by atoms with Crippen molar-refractivity contribution >= 4 is 21.4 Å². The summed E-state index contributed by atoms with van der Waals surface area (Å²) in [6, 6.07) is 7.69. The van der Waals surface area contributed by atoms with E-state index in [9.17, 15) is 22.0 Å². The third-order valence-electron chi connectivity index (χ3n) is 4.59. The second kappa shape index (κ2) is 8.87. The summed E-state index contributed by atoms with van der Waals surface area (Å²) in [6.45, 7) is 3.24. The Balaban J connectivity index is 2.02. The van der Waals surface area contributed by atoms with E-state index in [1.807, 2.05) is 0 Å². The summed E-state index contributed by atoms with van der Waals surface area (Å²) in [6.07, 6.45) is 1.05. The van der Waals surface area contributed by atoms with Crippen molar-refractivity contribution in [3.05, 3.63) is 64.9 Å². The van der Waals surface area contributed by atoms with Crippen LogP contribution in [0.1, 0.15) is 21.6 Å². The highest BCUT2D eigenvalue weighted by molar-refractivity contribution is 7.90. The maximum Gasteiger partial charge on any atom is 0.261 e. The van der Waals surface area contributed by atoms with Gasteiger partial charge in [0.05, 0.1) is 17.7 Å². The van der Waals surface area contributed by atoms with E-state index in [-0.39, 0.29) is 27.8 Å². The van der Waals surface area contributed by atoms with Gasteiger partial charge in [0.2, 0.25) is 11.6 Å². The number of carbonyl (C=O) groups is 1. The molecule has 3 rings (SSSR count). The minimum absolute atomic E-state index is 0.0194. The van der Waals surface area contributed by atoms with E-state index in [4.69, 9.17) is 9.47 Å². The molecule has 168 valence electrons. The third kappa shape index (κ3) is 4.67. The van der Waals surface area contributed by atoms with E-state index in [1.165, 1.54) is 24.3 Å². The number of methoxy groups -OCH3 is 1. The molecule has 0 saturated heterocycles. The van der Waals surface area contributed by atoms with Crippen LogP contribution in [0.5, 0.6) is 17.4 Å². The average molecular weight is 463 g/mol. The Hall–Kier alpha value is -3.60. The molecule has 1 N–H and O–H groups in total. The van der Waals surface area contributed by atoms with E-state index >= 15 is 0 Å². The first kappa shape index (κ1) is 23.1. The number of aromatic nitrogens is 2. The van der Waals surface area contributed by atoms with Crippen LogP contribution < -0.4 is 14.8 Å². The van der Waals surface area contributed by atoms with Crippen LogP contribution in [0.25, 0.3) is 0 Å². The molecule has 0 aliphatic rings. The number of sulfone groups is 1. The molecule has 0 aliphatic heterocycles. The van der Waals surface area contributed by atoms with Crippen LogP contribution in [0, 0.1) is 25.5 Å². The maximum atomic E-state index is 14.0. The van der Waals surface area contributed by atoms with Crippen LogP contribution in [0.15, 0.2) is 41.3 Å². The van der Waals surface area contributed by atoms with Crippen molar-refractivity contribution in [3.8, 4) is 17.4 Å². The summed E-state index contributed by atoms with van der Waals surface area (Å²) >= 11 is 0. The molecule has 0 saturated carbocycles. The van der Waals surface area contributed by atoms with Gasteiger partial charge in [0.15, 0.2) is 21.4 Å². The second-order valence-electron chi connectivity index (χ2n) is 6.84. The van der Waals surface area contributed by atoms with Gasteiger partial charge in [-0.2, -0.15) is 9.49 Å². The van der Waals surface area contributed by atoms with Crippen LogP contribution in [0.3, 0.4) is 0 Å². The standard InChI is InChI=1S/C21H19F2N3O5S/c1-11-12(2)25-26-21(31-16-9-8-15(22)18(23)19(16)30-3)17(11)20(27)24-13-6-5-7-14(10-13)32(4,28)29/h5-10H,1-4H3,(H,24,27). The number of benzene rings is 2. The summed E-state index contributed by atoms with van der Waals surface area (Å²) in [5.74, 6) is -4.04. The minimum atomic E-state index is -3.48. The highest BCUT2D eigenvalue weighted by atomic mass is 32.2. The summed E-state index contributed by atoms with van der Waals surface area (Å²) in [5.41, 5.74) is 1.06. The van der Waals surface area contributed by atoms with Gasteiger partial charge in [-0.15, -0.1) is 5.10 Å². The normalized spacial score (nSPS) is 11.2. The minimum Gasteiger partial charge on any atom is -0.490 e. The van der Waals surface area contributed by atoms with Crippen LogP contribution in [-0.2, 0) is 9.84 Å². The first-order valence-corrected chi connectivity index (χ1v) is 11.1. The number of hydrogen-bond acceptors (Lipinski definition) is 7. The molecule has 0 bridgehead atoms. The Bertz CT molecular complexity index is 1310. The van der Waals surface area contributed by atoms with Crippen molar-refractivity contribution in [1.82, 2.24) is 10.2 Å². The lowest BCUT2D eigenvalue weighted by Gasteiger charge is -2.15. The maximum absolute atomic E-state index is 14.0. The molecule has 0 fully saturated rings. The molecular weight excluding hydrogens is 444 g/mol. The number of ether oxygens (including phenoxy) is 2. The largest absolute Gasteiger partial charge is 0.490 e. The molecule has 2 aromatic carbocycles. The molecule has 11 heteroatoms. The summed E-state index contributed by atoms with van der Waals surface area (Å²) in [4.78, 5) is 13.1. The average Bonchev–Trinajstić information content (AvgIpc) is 2.73. The Labute approximate surface area is 183 Å². The quantitative estimate of drug-likeness (QED) is 0.592. The first-order chi connectivity index (χ1) is 15.0. The van der Waals surface area contributed by atoms with E-state index < -0.39 is 33.1 Å². The highest BCUT2D eigenvalue weighted by Crippen LogP contribution is 2.36. The summed E-state index contributed by atoms with van der Waals surface area (Å²) in [5, 5.41) is 10.4. The Kier molecular flexibility index (Phi) is 6.40. The van der Waals surface area contributed by atoms with Gasteiger partial charge in [0.1, 0.15) is 5.56 Å². The second-order valence-corrected chi connectivity index (χ2v) is 8.86. The Morgan fingerprint density at radius 3 is 2.47 bits per heavy atom. The molecule has 0 unspecified atom stereocenters. The lowest BCUT2D eigenvalue weighted by molar-refractivity contribution is 0.102. The van der Waals surface area contributed by atoms with Crippen molar-refractivity contribution in [1.29, 1.82) is 0 Å². The molecule has 1 aromatic heterocycles. The molecule has 0 aliphatic carbocycles. The van der Waals surface area contributed by atoms with Crippen LogP contribution in [0.2, 0.25) is 0 Å². The SMILES string of the molecule is COc1c(Oc2nnc(C)c(C)c2C(=O)Nc2cccc(S(C)(=O)=O)c2)ccc(F)c1F. The molecule has 0 spiro atoms. The topological polar surface area (TPSA) is 107 Å². The molecule has 0 radical (unpaired) electrons. The van der Waals surface area contributed by atoms with Crippen LogP contribution >= 0.6 is 0 Å². The van der Waals surface area contributed by atoms with Gasteiger partial charge in [-0.25, -0.2) is 12.8 Å². The fraction of sp³-hybridized carbons (Fsp3) is 0.190. The van der Waals surface area contributed by atoms with Crippen LogP contribution in [0.4, 0.5) is 14.5 Å². The Morgan fingerprint density at radius 1 is 1.09 bits per heavy atom. The van der Waals surface area contributed by atoms with Crippen molar-refractivity contribution in [2.75, 3.05) is 18.7 Å². The number of carbonyl (C=O) groups excluding carboxylic acids is 1. The van der Waals surface area contributed by atoms with E-state index in [2.05, 4.69) is 15.5 Å². The van der Waals surface area contributed by atoms with Crippen LogP contribution in [-0.4, -0.2) is 37.9 Å². The van der Waals surface area contributed by atoms with Gasteiger partial charge in [-0.3, -0.25) is 4.79 Å². The number of nitrogens with one attached hydrogen (secondary N) is 1.